The lowest BCUT2D eigenvalue weighted by atomic mass is 10.1. The number of piperazine rings is 1. The third-order valence-electron chi connectivity index (χ3n) is 4.94. The average Bonchev–Trinajstić information content (AvgIpc) is 2.81. The zero-order valence-electron chi connectivity index (χ0n) is 17.4. The lowest BCUT2D eigenvalue weighted by Gasteiger charge is -2.36. The summed E-state index contributed by atoms with van der Waals surface area (Å²) in [6.07, 6.45) is -4.41. The molecule has 0 bridgehead atoms. The third-order valence-corrected chi connectivity index (χ3v) is 4.94. The summed E-state index contributed by atoms with van der Waals surface area (Å²) in [6, 6.07) is 11.7. The smallest absolute Gasteiger partial charge is 0.416 e. The van der Waals surface area contributed by atoms with Crippen LogP contribution in [0.3, 0.4) is 0 Å². The van der Waals surface area contributed by atoms with Gasteiger partial charge in [0.25, 0.3) is 5.91 Å². The van der Waals surface area contributed by atoms with Crippen LogP contribution in [0.1, 0.15) is 5.56 Å². The summed E-state index contributed by atoms with van der Waals surface area (Å²) in [5.74, 6) is 0.0572. The van der Waals surface area contributed by atoms with Crippen molar-refractivity contribution >= 4 is 17.6 Å². The number of carbonyl (C=O) groups excluding carboxylic acids is 2. The minimum atomic E-state index is -4.41. The van der Waals surface area contributed by atoms with Crippen LogP contribution >= 0.6 is 0 Å². The summed E-state index contributed by atoms with van der Waals surface area (Å²) in [4.78, 5) is 27.4. The van der Waals surface area contributed by atoms with Gasteiger partial charge in [0.15, 0.2) is 13.2 Å². The lowest BCUT2D eigenvalue weighted by Crippen LogP contribution is -2.50. The molecule has 32 heavy (non-hydrogen) atoms. The minimum absolute atomic E-state index is 0.314. The van der Waals surface area contributed by atoms with Crippen LogP contribution in [0.2, 0.25) is 0 Å². The van der Waals surface area contributed by atoms with Gasteiger partial charge in [-0.05, 0) is 42.5 Å². The van der Waals surface area contributed by atoms with Crippen molar-refractivity contribution in [2.24, 2.45) is 0 Å². The molecule has 0 saturated carbocycles. The molecule has 172 valence electrons. The fraction of sp³-hybridized carbons (Fsp3) is 0.364. The van der Waals surface area contributed by atoms with E-state index in [-0.39, 0.29) is 12.5 Å². The maximum Gasteiger partial charge on any atom is 0.416 e. The van der Waals surface area contributed by atoms with Gasteiger partial charge in [-0.1, -0.05) is 6.07 Å². The zero-order valence-corrected chi connectivity index (χ0v) is 17.4. The molecule has 2 aromatic rings. The Morgan fingerprint density at radius 3 is 2.22 bits per heavy atom. The van der Waals surface area contributed by atoms with Crippen molar-refractivity contribution in [3.63, 3.8) is 0 Å². The molecule has 0 aliphatic carbocycles. The molecule has 1 aliphatic heterocycles. The predicted octanol–water partition coefficient (Wildman–Crippen LogP) is 2.98. The Labute approximate surface area is 183 Å². The molecule has 0 atom stereocenters. The molecule has 1 heterocycles. The average molecular weight is 452 g/mol. The summed E-state index contributed by atoms with van der Waals surface area (Å²) in [5.41, 5.74) is -0.258. The Balaban J connectivity index is 1.41. The van der Waals surface area contributed by atoms with Crippen LogP contribution in [0.4, 0.5) is 18.9 Å². The maximum atomic E-state index is 12.9. The van der Waals surface area contributed by atoms with Gasteiger partial charge >= 0.3 is 12.1 Å². The predicted molar refractivity (Wildman–Crippen MR) is 110 cm³/mol. The summed E-state index contributed by atoms with van der Waals surface area (Å²) in [6.45, 7) is 0.615. The molecule has 0 aromatic heterocycles. The van der Waals surface area contributed by atoms with Gasteiger partial charge in [-0.25, -0.2) is 4.79 Å². The van der Waals surface area contributed by atoms with Crippen LogP contribution in [-0.4, -0.2) is 63.3 Å². The number of anilines is 1. The van der Waals surface area contributed by atoms with Gasteiger partial charge in [-0.3, -0.25) is 4.79 Å². The molecule has 10 heteroatoms. The molecule has 0 N–H and O–H groups in total. The van der Waals surface area contributed by atoms with Crippen molar-refractivity contribution in [1.82, 2.24) is 4.90 Å². The molecule has 1 fully saturated rings. The molecule has 0 unspecified atom stereocenters. The first-order chi connectivity index (χ1) is 15.3. The van der Waals surface area contributed by atoms with Crippen molar-refractivity contribution in [1.29, 1.82) is 0 Å². The Morgan fingerprint density at radius 2 is 1.59 bits per heavy atom. The highest BCUT2D eigenvalue weighted by atomic mass is 19.4. The fourth-order valence-electron chi connectivity index (χ4n) is 3.18. The van der Waals surface area contributed by atoms with Crippen LogP contribution < -0.4 is 14.4 Å². The van der Waals surface area contributed by atoms with Gasteiger partial charge in [0.1, 0.15) is 11.5 Å². The number of esters is 1. The number of ether oxygens (including phenoxy) is 3. The molecule has 2 aromatic carbocycles. The van der Waals surface area contributed by atoms with Crippen LogP contribution in [0.5, 0.6) is 11.5 Å². The van der Waals surface area contributed by atoms with E-state index in [1.807, 2.05) is 0 Å². The number of hydrogen-bond acceptors (Lipinski definition) is 6. The van der Waals surface area contributed by atoms with Gasteiger partial charge in [-0.2, -0.15) is 13.2 Å². The van der Waals surface area contributed by atoms with Gasteiger partial charge in [0.05, 0.1) is 12.7 Å². The summed E-state index contributed by atoms with van der Waals surface area (Å²) < 4.78 is 54.0. The molecule has 1 saturated heterocycles. The number of halogens is 3. The fourth-order valence-corrected chi connectivity index (χ4v) is 3.18. The number of nitrogens with zero attached hydrogens (tertiary/aromatic N) is 2. The Morgan fingerprint density at radius 1 is 0.938 bits per heavy atom. The summed E-state index contributed by atoms with van der Waals surface area (Å²) >= 11 is 0. The molecular weight excluding hydrogens is 429 g/mol. The first-order valence-corrected chi connectivity index (χ1v) is 9.89. The number of carbonyl (C=O) groups is 2. The monoisotopic (exact) mass is 452 g/mol. The second kappa shape index (κ2) is 10.3. The number of benzene rings is 2. The lowest BCUT2D eigenvalue weighted by molar-refractivity contribution is -0.153. The number of rotatable bonds is 7. The van der Waals surface area contributed by atoms with E-state index >= 15 is 0 Å². The van der Waals surface area contributed by atoms with E-state index < -0.39 is 24.3 Å². The van der Waals surface area contributed by atoms with E-state index in [0.717, 1.165) is 12.1 Å². The number of hydrogen-bond donors (Lipinski definition) is 0. The Hall–Kier alpha value is -3.43. The van der Waals surface area contributed by atoms with E-state index in [4.69, 9.17) is 14.2 Å². The van der Waals surface area contributed by atoms with Crippen molar-refractivity contribution in [2.75, 3.05) is 51.4 Å². The first kappa shape index (κ1) is 23.2. The molecule has 1 amide bonds. The highest BCUT2D eigenvalue weighted by Gasteiger charge is 2.31. The van der Waals surface area contributed by atoms with Crippen LogP contribution in [0.15, 0.2) is 48.5 Å². The van der Waals surface area contributed by atoms with Crippen LogP contribution in [0, 0.1) is 0 Å². The SMILES string of the molecule is COc1ccc(OCC(=O)OCC(=O)N2CCN(c3cccc(C(F)(F)F)c3)CC2)cc1. The Bertz CT molecular complexity index is 926. The van der Waals surface area contributed by atoms with E-state index in [0.29, 0.717) is 43.4 Å². The highest BCUT2D eigenvalue weighted by Crippen LogP contribution is 2.31. The minimum Gasteiger partial charge on any atom is -0.497 e. The highest BCUT2D eigenvalue weighted by molar-refractivity contribution is 5.81. The van der Waals surface area contributed by atoms with E-state index in [1.165, 1.54) is 18.1 Å². The first-order valence-electron chi connectivity index (χ1n) is 9.89. The van der Waals surface area contributed by atoms with Gasteiger partial charge < -0.3 is 24.0 Å². The molecule has 0 radical (unpaired) electrons. The second-order valence-electron chi connectivity index (χ2n) is 7.04. The van der Waals surface area contributed by atoms with E-state index in [1.54, 1.807) is 35.2 Å². The number of amides is 1. The van der Waals surface area contributed by atoms with Gasteiger partial charge in [-0.15, -0.1) is 0 Å². The topological polar surface area (TPSA) is 68.3 Å². The van der Waals surface area contributed by atoms with Crippen LogP contribution in [-0.2, 0) is 20.5 Å². The zero-order chi connectivity index (χ0) is 23.1. The second-order valence-corrected chi connectivity index (χ2v) is 7.04. The molecule has 7 nitrogen and oxygen atoms in total. The molecule has 0 spiro atoms. The quantitative estimate of drug-likeness (QED) is 0.602. The molecular formula is C22H23F3N2O5. The molecule has 1 aliphatic rings. The van der Waals surface area contributed by atoms with Crippen molar-refractivity contribution in [3.05, 3.63) is 54.1 Å². The number of alkyl halides is 3. The van der Waals surface area contributed by atoms with E-state index in [2.05, 4.69) is 0 Å². The van der Waals surface area contributed by atoms with E-state index in [9.17, 15) is 22.8 Å². The third kappa shape index (κ3) is 6.29. The van der Waals surface area contributed by atoms with Crippen molar-refractivity contribution in [2.45, 2.75) is 6.18 Å². The standard InChI is InChI=1S/C22H23F3N2O5/c1-30-18-5-7-19(8-6-18)31-15-21(29)32-14-20(28)27-11-9-26(10-12-27)17-4-2-3-16(13-17)22(23,24)25/h2-8,13H,9-12,14-15H2,1H3. The summed E-state index contributed by atoms with van der Waals surface area (Å²) in [7, 11) is 1.54. The molecule has 3 rings (SSSR count). The maximum absolute atomic E-state index is 12.9. The Kier molecular flexibility index (Phi) is 7.45. The van der Waals surface area contributed by atoms with Gasteiger partial charge in [0, 0.05) is 31.9 Å². The van der Waals surface area contributed by atoms with Crippen molar-refractivity contribution < 1.29 is 37.0 Å². The largest absolute Gasteiger partial charge is 0.497 e. The van der Waals surface area contributed by atoms with Crippen molar-refractivity contribution in [3.8, 4) is 11.5 Å². The van der Waals surface area contributed by atoms with Gasteiger partial charge in [0.2, 0.25) is 0 Å². The van der Waals surface area contributed by atoms with Crippen LogP contribution in [0.25, 0.3) is 0 Å². The number of methoxy groups -OCH3 is 1. The normalized spacial score (nSPS) is 14.1. The summed E-state index contributed by atoms with van der Waals surface area (Å²) in [5, 5.41) is 0.